The van der Waals surface area contributed by atoms with E-state index in [-0.39, 0.29) is 5.97 Å². The van der Waals surface area contributed by atoms with E-state index in [0.29, 0.717) is 29.2 Å². The van der Waals surface area contributed by atoms with Crippen molar-refractivity contribution in [1.29, 1.82) is 0 Å². The molecule has 1 aromatic heterocycles. The molecular formula is C28H46N3O2+. The van der Waals surface area contributed by atoms with Gasteiger partial charge < -0.3 is 4.74 Å². The lowest BCUT2D eigenvalue weighted by atomic mass is 9.44. The van der Waals surface area contributed by atoms with Gasteiger partial charge in [-0.3, -0.25) is 4.79 Å². The number of nitrogens with zero attached hydrogens (tertiary/aromatic N) is 3. The number of carbonyl (C=O) groups is 1. The second-order valence-electron chi connectivity index (χ2n) is 12.7. The number of rotatable bonds is 5. The van der Waals surface area contributed by atoms with Crippen LogP contribution >= 0.6 is 0 Å². The molecular weight excluding hydrogens is 410 g/mol. The molecule has 0 spiro atoms. The fraction of sp³-hybridized carbons (Fsp3) is 0.893. The van der Waals surface area contributed by atoms with Gasteiger partial charge in [0.2, 0.25) is 0 Å². The molecule has 184 valence electrons. The van der Waals surface area contributed by atoms with E-state index in [1.807, 2.05) is 11.7 Å². The highest BCUT2D eigenvalue weighted by molar-refractivity contribution is 5.69. The van der Waals surface area contributed by atoms with E-state index in [9.17, 15) is 4.79 Å². The van der Waals surface area contributed by atoms with Crippen molar-refractivity contribution in [2.45, 2.75) is 97.4 Å². The van der Waals surface area contributed by atoms with Crippen LogP contribution in [0.4, 0.5) is 0 Å². The number of hydrogen-bond acceptors (Lipinski definition) is 3. The summed E-state index contributed by atoms with van der Waals surface area (Å²) >= 11 is 0. The van der Waals surface area contributed by atoms with Crippen LogP contribution in [-0.2, 0) is 16.6 Å². The second-order valence-corrected chi connectivity index (χ2v) is 12.7. The Bertz CT molecular complexity index is 867. The number of methoxy groups -OCH3 is 1. The van der Waals surface area contributed by atoms with Gasteiger partial charge in [-0.05, 0) is 111 Å². The molecule has 0 radical (unpaired) electrons. The van der Waals surface area contributed by atoms with E-state index in [2.05, 4.69) is 43.1 Å². The van der Waals surface area contributed by atoms with Gasteiger partial charge in [0.15, 0.2) is 12.4 Å². The molecule has 9 atom stereocenters. The second kappa shape index (κ2) is 8.68. The van der Waals surface area contributed by atoms with Gasteiger partial charge in [0.1, 0.15) is 13.1 Å². The number of aryl methyl sites for hydroxylation is 1. The highest BCUT2D eigenvalue weighted by Gasteiger charge is 2.60. The SMILES string of the molecule is COC(=O)CC[C@@H](C)[C@H]1CC[C@H]2[C@@H]3CC[C@@H]4C[C@@H](n5cc[n+](C)n5)CC[C@]4(C)[C@H]3CC[C@]12C. The molecule has 0 aromatic carbocycles. The van der Waals surface area contributed by atoms with Crippen LogP contribution in [0.3, 0.4) is 0 Å². The predicted molar refractivity (Wildman–Crippen MR) is 128 cm³/mol. The molecule has 0 unspecified atom stereocenters. The number of carbonyl (C=O) groups excluding carboxylic acids is 1. The zero-order chi connectivity index (χ0) is 23.4. The topological polar surface area (TPSA) is 48.0 Å². The summed E-state index contributed by atoms with van der Waals surface area (Å²) in [6, 6.07) is 0.584. The van der Waals surface area contributed by atoms with E-state index in [1.54, 1.807) is 0 Å². The highest BCUT2D eigenvalue weighted by atomic mass is 16.5. The largest absolute Gasteiger partial charge is 0.469 e. The third-order valence-electron chi connectivity index (χ3n) is 11.5. The minimum Gasteiger partial charge on any atom is -0.469 e. The Morgan fingerprint density at radius 2 is 1.88 bits per heavy atom. The highest BCUT2D eigenvalue weighted by Crippen LogP contribution is 2.68. The van der Waals surface area contributed by atoms with Crippen LogP contribution in [0.5, 0.6) is 0 Å². The molecule has 1 aromatic rings. The molecule has 0 aliphatic heterocycles. The lowest BCUT2D eigenvalue weighted by molar-refractivity contribution is -0.732. The van der Waals surface area contributed by atoms with Crippen LogP contribution in [0, 0.1) is 46.3 Å². The summed E-state index contributed by atoms with van der Waals surface area (Å²) in [5.74, 6) is 4.92. The van der Waals surface area contributed by atoms with Gasteiger partial charge in [-0.1, -0.05) is 20.8 Å². The van der Waals surface area contributed by atoms with E-state index in [4.69, 9.17) is 4.74 Å². The first-order valence-electron chi connectivity index (χ1n) is 13.7. The zero-order valence-electron chi connectivity index (χ0n) is 21.6. The molecule has 5 nitrogen and oxygen atoms in total. The Kier molecular flexibility index (Phi) is 6.14. The number of esters is 1. The van der Waals surface area contributed by atoms with Gasteiger partial charge in [-0.25, -0.2) is 0 Å². The first kappa shape index (κ1) is 23.4. The first-order chi connectivity index (χ1) is 15.8. The van der Waals surface area contributed by atoms with Crippen molar-refractivity contribution in [2.24, 2.45) is 53.4 Å². The predicted octanol–water partition coefficient (Wildman–Crippen LogP) is 5.50. The van der Waals surface area contributed by atoms with Crippen molar-refractivity contribution in [2.75, 3.05) is 7.11 Å². The lowest BCUT2D eigenvalue weighted by Gasteiger charge is -2.61. The molecule has 33 heavy (non-hydrogen) atoms. The average Bonchev–Trinajstić information content (AvgIpc) is 3.39. The van der Waals surface area contributed by atoms with Crippen molar-refractivity contribution < 1.29 is 14.2 Å². The molecule has 4 fully saturated rings. The summed E-state index contributed by atoms with van der Waals surface area (Å²) in [5.41, 5.74) is 0.992. The van der Waals surface area contributed by atoms with Gasteiger partial charge in [0, 0.05) is 6.42 Å². The monoisotopic (exact) mass is 456 g/mol. The smallest absolute Gasteiger partial charge is 0.305 e. The summed E-state index contributed by atoms with van der Waals surface area (Å²) in [4.78, 5) is 11.7. The van der Waals surface area contributed by atoms with Gasteiger partial charge in [0.05, 0.1) is 12.3 Å². The molecule has 4 aliphatic rings. The first-order valence-corrected chi connectivity index (χ1v) is 13.7. The van der Waals surface area contributed by atoms with Crippen molar-refractivity contribution in [3.63, 3.8) is 0 Å². The average molecular weight is 457 g/mol. The molecule has 0 amide bonds. The fourth-order valence-corrected chi connectivity index (χ4v) is 9.68. The Hall–Kier alpha value is -1.39. The van der Waals surface area contributed by atoms with Crippen LogP contribution in [0.1, 0.15) is 97.4 Å². The summed E-state index contributed by atoms with van der Waals surface area (Å²) in [6.45, 7) is 7.70. The van der Waals surface area contributed by atoms with Crippen LogP contribution in [0.15, 0.2) is 12.4 Å². The quantitative estimate of drug-likeness (QED) is 0.434. The van der Waals surface area contributed by atoms with Gasteiger partial charge in [-0.15, -0.1) is 9.36 Å². The van der Waals surface area contributed by atoms with Crippen LogP contribution in [-0.4, -0.2) is 23.0 Å². The van der Waals surface area contributed by atoms with E-state index in [0.717, 1.165) is 36.0 Å². The molecule has 0 N–H and O–H groups in total. The van der Waals surface area contributed by atoms with Gasteiger partial charge in [0.25, 0.3) is 0 Å². The molecule has 5 rings (SSSR count). The minimum atomic E-state index is -0.0454. The number of fused-ring (bicyclic) bond motifs is 5. The lowest BCUT2D eigenvalue weighted by Crippen LogP contribution is -2.53. The van der Waals surface area contributed by atoms with Crippen molar-refractivity contribution in [3.8, 4) is 0 Å². The molecule has 1 heterocycles. The van der Waals surface area contributed by atoms with Gasteiger partial charge in [-0.2, -0.15) is 0 Å². The Morgan fingerprint density at radius 3 is 2.61 bits per heavy atom. The number of hydrogen-bond donors (Lipinski definition) is 0. The van der Waals surface area contributed by atoms with Crippen molar-refractivity contribution in [1.82, 2.24) is 9.90 Å². The van der Waals surface area contributed by atoms with Gasteiger partial charge >= 0.3 is 5.97 Å². The summed E-state index contributed by atoms with van der Waals surface area (Å²) in [5, 5.41) is 4.69. The standard InChI is InChI=1S/C28H46N3O2/c1-19(6-11-26(32)33-5)23-9-10-24-22-8-7-20-18-21(31-17-16-30(4)29-31)12-14-27(20,2)25(22)13-15-28(23,24)3/h16-17,19-25H,6-15,18H2,1-5H3/q+1/t19-,20-,21+,22+,23-,24+,25+,27+,28-/m1/s1. The Morgan fingerprint density at radius 1 is 1.12 bits per heavy atom. The summed E-state index contributed by atoms with van der Waals surface area (Å²) in [6.07, 6.45) is 18.2. The normalized spacial score (nSPS) is 43.3. The number of ether oxygens (including phenoxy) is 1. The number of aromatic nitrogens is 3. The molecule has 5 heteroatoms. The Labute approximate surface area is 200 Å². The Balaban J connectivity index is 1.28. The summed E-state index contributed by atoms with van der Waals surface area (Å²) < 4.78 is 9.10. The van der Waals surface area contributed by atoms with Crippen LogP contribution in [0.25, 0.3) is 0 Å². The third kappa shape index (κ3) is 3.86. The van der Waals surface area contributed by atoms with E-state index in [1.165, 1.54) is 64.9 Å². The maximum atomic E-state index is 11.7. The summed E-state index contributed by atoms with van der Waals surface area (Å²) in [7, 11) is 3.54. The van der Waals surface area contributed by atoms with E-state index < -0.39 is 0 Å². The van der Waals surface area contributed by atoms with Crippen LogP contribution < -0.4 is 4.68 Å². The molecule has 4 saturated carbocycles. The van der Waals surface area contributed by atoms with E-state index >= 15 is 0 Å². The third-order valence-corrected chi connectivity index (χ3v) is 11.5. The molecule has 0 bridgehead atoms. The maximum Gasteiger partial charge on any atom is 0.305 e. The molecule has 4 aliphatic carbocycles. The maximum absolute atomic E-state index is 11.7. The zero-order valence-corrected chi connectivity index (χ0v) is 21.6. The fourth-order valence-electron chi connectivity index (χ4n) is 9.68. The molecule has 0 saturated heterocycles. The van der Waals surface area contributed by atoms with Crippen molar-refractivity contribution in [3.05, 3.63) is 12.4 Å². The minimum absolute atomic E-state index is 0.0454. The van der Waals surface area contributed by atoms with Crippen LogP contribution in [0.2, 0.25) is 0 Å². The van der Waals surface area contributed by atoms with Crippen molar-refractivity contribution >= 4 is 5.97 Å².